The first kappa shape index (κ1) is 26.2. The van der Waals surface area contributed by atoms with Crippen molar-refractivity contribution < 1.29 is 19.4 Å². The van der Waals surface area contributed by atoms with Gasteiger partial charge in [0.15, 0.2) is 0 Å². The summed E-state index contributed by atoms with van der Waals surface area (Å²) in [7, 11) is 3.44. The van der Waals surface area contributed by atoms with Crippen LogP contribution >= 0.6 is 11.6 Å². The summed E-state index contributed by atoms with van der Waals surface area (Å²) in [6.45, 7) is 2.68. The smallest absolute Gasteiger partial charge is 0.308 e. The fraction of sp³-hybridized carbons (Fsp3) is 0.385. The lowest BCUT2D eigenvalue weighted by Gasteiger charge is -2.20. The van der Waals surface area contributed by atoms with Crippen LogP contribution in [0.3, 0.4) is 0 Å². The number of carboxylic acids is 1. The van der Waals surface area contributed by atoms with E-state index in [4.69, 9.17) is 16.3 Å². The molecule has 184 valence electrons. The van der Waals surface area contributed by atoms with E-state index in [1.165, 1.54) is 11.1 Å². The Morgan fingerprint density at radius 3 is 2.77 bits per heavy atom. The molecule has 35 heavy (non-hydrogen) atoms. The van der Waals surface area contributed by atoms with Gasteiger partial charge in [0.05, 0.1) is 23.7 Å². The highest BCUT2D eigenvalue weighted by Gasteiger charge is 2.26. The Bertz CT molecular complexity index is 1260. The van der Waals surface area contributed by atoms with Gasteiger partial charge >= 0.3 is 5.97 Å². The molecule has 0 saturated heterocycles. The molecule has 3 rings (SSSR count). The molecule has 0 spiro atoms. The molecular weight excluding hydrogens is 468 g/mol. The van der Waals surface area contributed by atoms with Crippen LogP contribution in [0.5, 0.6) is 0 Å². The third-order valence-electron chi connectivity index (χ3n) is 5.92. The average molecular weight is 497 g/mol. The monoisotopic (exact) mass is 496 g/mol. The zero-order chi connectivity index (χ0) is 25.5. The van der Waals surface area contributed by atoms with Crippen molar-refractivity contribution >= 4 is 34.5 Å². The van der Waals surface area contributed by atoms with E-state index in [1.54, 1.807) is 20.0 Å². The molecule has 1 amide bonds. The summed E-state index contributed by atoms with van der Waals surface area (Å²) in [4.78, 5) is 30.6. The van der Waals surface area contributed by atoms with Gasteiger partial charge in [-0.1, -0.05) is 30.7 Å². The lowest BCUT2D eigenvalue weighted by Crippen LogP contribution is -2.34. The van der Waals surface area contributed by atoms with E-state index in [9.17, 15) is 20.0 Å². The van der Waals surface area contributed by atoms with Gasteiger partial charge in [-0.3, -0.25) is 9.59 Å². The van der Waals surface area contributed by atoms with Gasteiger partial charge in [-0.15, -0.1) is 0 Å². The van der Waals surface area contributed by atoms with Crippen LogP contribution in [0.4, 0.5) is 0 Å². The zero-order valence-electron chi connectivity index (χ0n) is 20.1. The summed E-state index contributed by atoms with van der Waals surface area (Å²) in [5.41, 5.74) is 3.25. The number of nitriles is 1. The fourth-order valence-corrected chi connectivity index (χ4v) is 4.24. The number of carboxylic acid groups (broad SMARTS) is 1. The number of rotatable bonds is 11. The number of pyridine rings is 1. The summed E-state index contributed by atoms with van der Waals surface area (Å²) in [5, 5.41) is 19.9. The van der Waals surface area contributed by atoms with Crippen LogP contribution in [0.25, 0.3) is 11.0 Å². The molecule has 9 heteroatoms. The quantitative estimate of drug-likeness (QED) is 0.393. The van der Waals surface area contributed by atoms with Crippen molar-refractivity contribution in [2.45, 2.75) is 32.8 Å². The Balaban J connectivity index is 1.75. The first-order valence-electron chi connectivity index (χ1n) is 11.4. The number of aryl methyl sites for hydroxylation is 1. The average Bonchev–Trinajstić information content (AvgIpc) is 3.11. The van der Waals surface area contributed by atoms with E-state index in [0.29, 0.717) is 46.8 Å². The third-order valence-corrected chi connectivity index (χ3v) is 6.15. The van der Waals surface area contributed by atoms with Crippen molar-refractivity contribution in [2.24, 2.45) is 13.0 Å². The molecule has 1 unspecified atom stereocenters. The van der Waals surface area contributed by atoms with Crippen LogP contribution < -0.4 is 0 Å². The SMILES string of the molecule is CC(CN(C)C(=O)c1c(CCCCOCc2cccc(Cl)c2)n(C)c2ncc(C#N)cc12)C(=O)O. The van der Waals surface area contributed by atoms with Gasteiger partial charge in [0, 0.05) is 49.5 Å². The molecule has 3 aromatic rings. The number of halogens is 1. The normalized spacial score (nSPS) is 11.9. The van der Waals surface area contributed by atoms with Crippen molar-refractivity contribution in [1.82, 2.24) is 14.5 Å². The second kappa shape index (κ2) is 11.8. The van der Waals surface area contributed by atoms with Crippen molar-refractivity contribution in [3.05, 3.63) is 63.9 Å². The van der Waals surface area contributed by atoms with Gasteiger partial charge in [-0.2, -0.15) is 5.26 Å². The molecule has 1 atom stereocenters. The second-order valence-corrected chi connectivity index (χ2v) is 9.09. The molecule has 0 saturated carbocycles. The lowest BCUT2D eigenvalue weighted by atomic mass is 10.0. The van der Waals surface area contributed by atoms with E-state index in [-0.39, 0.29) is 12.5 Å². The largest absolute Gasteiger partial charge is 0.481 e. The van der Waals surface area contributed by atoms with Crippen molar-refractivity contribution in [3.63, 3.8) is 0 Å². The van der Waals surface area contributed by atoms with E-state index >= 15 is 0 Å². The first-order chi connectivity index (χ1) is 16.7. The number of carbonyl (C=O) groups excluding carboxylic acids is 1. The molecule has 0 fully saturated rings. The second-order valence-electron chi connectivity index (χ2n) is 8.65. The maximum atomic E-state index is 13.4. The highest BCUT2D eigenvalue weighted by molar-refractivity contribution is 6.30. The number of carbonyl (C=O) groups is 2. The van der Waals surface area contributed by atoms with Crippen LogP contribution in [0.1, 0.15) is 46.9 Å². The highest BCUT2D eigenvalue weighted by atomic mass is 35.5. The highest BCUT2D eigenvalue weighted by Crippen LogP contribution is 2.28. The number of benzene rings is 1. The predicted octanol–water partition coefficient (Wildman–Crippen LogP) is 4.43. The van der Waals surface area contributed by atoms with Crippen LogP contribution in [-0.4, -0.2) is 51.6 Å². The Morgan fingerprint density at radius 2 is 2.09 bits per heavy atom. The van der Waals surface area contributed by atoms with E-state index in [2.05, 4.69) is 11.1 Å². The molecule has 0 aliphatic rings. The van der Waals surface area contributed by atoms with Crippen LogP contribution in [0.2, 0.25) is 5.02 Å². The summed E-state index contributed by atoms with van der Waals surface area (Å²) in [6.07, 6.45) is 3.66. The molecule has 8 nitrogen and oxygen atoms in total. The molecule has 0 radical (unpaired) electrons. The lowest BCUT2D eigenvalue weighted by molar-refractivity contribution is -0.141. The summed E-state index contributed by atoms with van der Waals surface area (Å²) in [5.74, 6) is -1.95. The Hall–Kier alpha value is -3.41. The summed E-state index contributed by atoms with van der Waals surface area (Å²) < 4.78 is 7.65. The standard InChI is InChI=1S/C26H29ClN4O4/c1-17(26(33)34)15-30(2)25(32)23-21-12-19(13-28)14-29-24(21)31(3)22(23)9-4-5-10-35-16-18-7-6-8-20(27)11-18/h6-8,11-12,14,17H,4-5,9-10,15-16H2,1-3H3,(H,33,34). The number of ether oxygens (including phenoxy) is 1. The number of aliphatic carboxylic acids is 1. The van der Waals surface area contributed by atoms with Crippen molar-refractivity contribution in [2.75, 3.05) is 20.2 Å². The molecular formula is C26H29ClN4O4. The maximum absolute atomic E-state index is 13.4. The van der Waals surface area contributed by atoms with E-state index in [1.807, 2.05) is 35.9 Å². The van der Waals surface area contributed by atoms with E-state index in [0.717, 1.165) is 24.1 Å². The number of hydrogen-bond acceptors (Lipinski definition) is 5. The van der Waals surface area contributed by atoms with Gasteiger partial charge in [-0.25, -0.2) is 4.98 Å². The zero-order valence-corrected chi connectivity index (χ0v) is 20.9. The third kappa shape index (κ3) is 6.38. The van der Waals surface area contributed by atoms with E-state index < -0.39 is 11.9 Å². The topological polar surface area (TPSA) is 108 Å². The number of aromatic nitrogens is 2. The maximum Gasteiger partial charge on any atom is 0.308 e. The Kier molecular flexibility index (Phi) is 8.85. The number of hydrogen-bond donors (Lipinski definition) is 1. The molecule has 0 aliphatic carbocycles. The predicted molar refractivity (Wildman–Crippen MR) is 133 cm³/mol. The van der Waals surface area contributed by atoms with Crippen molar-refractivity contribution in [1.29, 1.82) is 5.26 Å². The minimum atomic E-state index is -0.964. The fourth-order valence-electron chi connectivity index (χ4n) is 4.03. The van der Waals surface area contributed by atoms with Crippen molar-refractivity contribution in [3.8, 4) is 6.07 Å². The van der Waals surface area contributed by atoms with Gasteiger partial charge in [0.25, 0.3) is 5.91 Å². The summed E-state index contributed by atoms with van der Waals surface area (Å²) >= 11 is 6.01. The molecule has 1 aromatic carbocycles. The van der Waals surface area contributed by atoms with Gasteiger partial charge in [-0.05, 0) is 43.0 Å². The molecule has 1 N–H and O–H groups in total. The Morgan fingerprint density at radius 1 is 1.31 bits per heavy atom. The molecule has 0 bridgehead atoms. The van der Waals surface area contributed by atoms with Gasteiger partial charge < -0.3 is 19.3 Å². The van der Waals surface area contributed by atoms with Crippen LogP contribution in [0.15, 0.2) is 36.5 Å². The number of amides is 1. The molecule has 2 heterocycles. The minimum Gasteiger partial charge on any atom is -0.481 e. The number of nitrogens with zero attached hydrogens (tertiary/aromatic N) is 4. The molecule has 2 aromatic heterocycles. The summed E-state index contributed by atoms with van der Waals surface area (Å²) in [6, 6.07) is 11.3. The minimum absolute atomic E-state index is 0.0761. The number of fused-ring (bicyclic) bond motifs is 1. The molecule has 0 aliphatic heterocycles. The van der Waals surface area contributed by atoms with Gasteiger partial charge in [0.1, 0.15) is 11.7 Å². The first-order valence-corrected chi connectivity index (χ1v) is 11.8. The van der Waals surface area contributed by atoms with Crippen LogP contribution in [0, 0.1) is 17.2 Å². The number of unbranched alkanes of at least 4 members (excludes halogenated alkanes) is 1. The Labute approximate surface area is 209 Å². The van der Waals surface area contributed by atoms with Crippen LogP contribution in [-0.2, 0) is 29.6 Å². The van der Waals surface area contributed by atoms with Gasteiger partial charge in [0.2, 0.25) is 0 Å².